The molecule has 5 rings (SSSR count). The molecular weight excluding hydrogens is 453 g/mol. The molecule has 2 aromatic carbocycles. The van der Waals surface area contributed by atoms with Crippen LogP contribution in [0.5, 0.6) is 0 Å². The summed E-state index contributed by atoms with van der Waals surface area (Å²) in [6.07, 6.45) is 5.99. The van der Waals surface area contributed by atoms with E-state index in [4.69, 9.17) is 4.74 Å². The molecule has 1 N–H and O–H groups in total. The maximum atomic E-state index is 14.9. The third-order valence-electron chi connectivity index (χ3n) is 8.91. The number of rotatable bonds is 7. The van der Waals surface area contributed by atoms with Gasteiger partial charge in [0.1, 0.15) is 5.82 Å². The molecule has 0 bridgehead atoms. The first kappa shape index (κ1) is 25.2. The zero-order chi connectivity index (χ0) is 25.1. The van der Waals surface area contributed by atoms with Crippen LogP contribution in [0, 0.1) is 24.6 Å². The fourth-order valence-corrected chi connectivity index (χ4v) is 7.32. The Kier molecular flexibility index (Phi) is 7.63. The molecule has 0 radical (unpaired) electrons. The molecule has 36 heavy (non-hydrogen) atoms. The minimum absolute atomic E-state index is 0.0315. The summed E-state index contributed by atoms with van der Waals surface area (Å²) in [4.78, 5) is 17.5. The van der Waals surface area contributed by atoms with Gasteiger partial charge in [-0.1, -0.05) is 42.8 Å². The Hall–Kier alpha value is -2.44. The first-order valence-corrected chi connectivity index (χ1v) is 13.6. The van der Waals surface area contributed by atoms with Gasteiger partial charge in [0.2, 0.25) is 0 Å². The van der Waals surface area contributed by atoms with Crippen molar-refractivity contribution >= 4 is 6.09 Å². The van der Waals surface area contributed by atoms with Crippen molar-refractivity contribution in [2.45, 2.75) is 63.6 Å². The zero-order valence-corrected chi connectivity index (χ0v) is 21.7. The number of halogens is 1. The second-order valence-electron chi connectivity index (χ2n) is 11.0. The Labute approximate surface area is 215 Å². The predicted octanol–water partition coefficient (Wildman–Crippen LogP) is 5.47. The minimum atomic E-state index is -0.363. The summed E-state index contributed by atoms with van der Waals surface area (Å²) in [5.74, 6) is 0.465. The molecule has 1 amide bonds. The van der Waals surface area contributed by atoms with Crippen LogP contribution >= 0.6 is 0 Å². The van der Waals surface area contributed by atoms with E-state index in [0.29, 0.717) is 5.92 Å². The van der Waals surface area contributed by atoms with Gasteiger partial charge in [-0.2, -0.15) is 0 Å². The molecule has 2 aromatic rings. The lowest BCUT2D eigenvalue weighted by molar-refractivity contribution is -0.0856. The van der Waals surface area contributed by atoms with Gasteiger partial charge in [0.05, 0.1) is 12.6 Å². The number of methoxy groups -OCH3 is 1. The summed E-state index contributed by atoms with van der Waals surface area (Å²) in [5.41, 5.74) is 3.13. The van der Waals surface area contributed by atoms with Gasteiger partial charge in [0.25, 0.3) is 0 Å². The number of nitrogens with zero attached hydrogens (tertiary/aromatic N) is 2. The van der Waals surface area contributed by atoms with E-state index in [2.05, 4.69) is 51.5 Å². The number of ether oxygens (including phenoxy) is 1. The summed E-state index contributed by atoms with van der Waals surface area (Å²) in [6, 6.07) is 16.4. The normalized spacial score (nSPS) is 25.2. The van der Waals surface area contributed by atoms with E-state index in [1.54, 1.807) is 12.1 Å². The number of likely N-dealkylation sites (tertiary alicyclic amines) is 2. The molecule has 0 aromatic heterocycles. The molecule has 6 heteroatoms. The van der Waals surface area contributed by atoms with Crippen molar-refractivity contribution < 1.29 is 13.9 Å². The van der Waals surface area contributed by atoms with E-state index in [-0.39, 0.29) is 29.4 Å². The Morgan fingerprint density at radius 1 is 1.03 bits per heavy atom. The third kappa shape index (κ3) is 4.90. The summed E-state index contributed by atoms with van der Waals surface area (Å²) in [6.45, 7) is 7.09. The molecule has 3 aliphatic rings. The quantitative estimate of drug-likeness (QED) is 0.555. The molecule has 3 fully saturated rings. The van der Waals surface area contributed by atoms with Crippen molar-refractivity contribution in [3.63, 3.8) is 0 Å². The van der Waals surface area contributed by atoms with Crippen LogP contribution in [0.2, 0.25) is 0 Å². The molecule has 3 atom stereocenters. The number of piperidine rings is 1. The third-order valence-corrected chi connectivity index (χ3v) is 8.91. The Morgan fingerprint density at radius 2 is 1.78 bits per heavy atom. The molecule has 2 aliphatic heterocycles. The Bertz CT molecular complexity index is 1020. The Morgan fingerprint density at radius 3 is 2.42 bits per heavy atom. The van der Waals surface area contributed by atoms with Crippen molar-refractivity contribution in [2.75, 3.05) is 33.3 Å². The summed E-state index contributed by atoms with van der Waals surface area (Å²) < 4.78 is 20.0. The number of amides is 1. The SMILES string of the molecule is COC(=O)NC1CCCC1[C@](c1cc(C)cc(F)c1)(C1CCN(Cc2ccccc2)CC1)N1CCC1. The largest absolute Gasteiger partial charge is 0.453 e. The van der Waals surface area contributed by atoms with Crippen LogP contribution in [-0.4, -0.2) is 55.2 Å². The van der Waals surface area contributed by atoms with Crippen molar-refractivity contribution in [1.82, 2.24) is 15.1 Å². The zero-order valence-electron chi connectivity index (χ0n) is 21.7. The number of nitrogens with one attached hydrogen (secondary N) is 1. The first-order valence-electron chi connectivity index (χ1n) is 13.6. The highest BCUT2D eigenvalue weighted by Gasteiger charge is 2.56. The lowest BCUT2D eigenvalue weighted by Gasteiger charge is -2.59. The smallest absolute Gasteiger partial charge is 0.407 e. The lowest BCUT2D eigenvalue weighted by atomic mass is 9.62. The van der Waals surface area contributed by atoms with E-state index in [1.807, 2.05) is 6.92 Å². The van der Waals surface area contributed by atoms with Crippen LogP contribution in [0.4, 0.5) is 9.18 Å². The number of alkyl carbamates (subject to hydrolysis) is 1. The van der Waals surface area contributed by atoms with Crippen LogP contribution in [-0.2, 0) is 16.8 Å². The number of carbonyl (C=O) groups is 1. The molecule has 0 spiro atoms. The van der Waals surface area contributed by atoms with Gasteiger partial charge in [-0.15, -0.1) is 0 Å². The van der Waals surface area contributed by atoms with Gasteiger partial charge in [0, 0.05) is 31.6 Å². The van der Waals surface area contributed by atoms with Gasteiger partial charge < -0.3 is 10.1 Å². The van der Waals surface area contributed by atoms with Crippen LogP contribution in [0.25, 0.3) is 0 Å². The van der Waals surface area contributed by atoms with Gasteiger partial charge in [-0.05, 0) is 86.9 Å². The van der Waals surface area contributed by atoms with E-state index >= 15 is 0 Å². The van der Waals surface area contributed by atoms with Crippen LogP contribution in [0.3, 0.4) is 0 Å². The van der Waals surface area contributed by atoms with Crippen LogP contribution < -0.4 is 5.32 Å². The lowest BCUT2D eigenvalue weighted by Crippen LogP contribution is -2.64. The van der Waals surface area contributed by atoms with Gasteiger partial charge in [0.15, 0.2) is 0 Å². The van der Waals surface area contributed by atoms with E-state index in [0.717, 1.165) is 76.0 Å². The Balaban J connectivity index is 1.50. The molecule has 194 valence electrons. The number of hydrogen-bond acceptors (Lipinski definition) is 4. The number of carbonyl (C=O) groups excluding carboxylic acids is 1. The summed E-state index contributed by atoms with van der Waals surface area (Å²) in [5, 5.41) is 3.17. The number of aryl methyl sites for hydroxylation is 1. The van der Waals surface area contributed by atoms with E-state index < -0.39 is 0 Å². The van der Waals surface area contributed by atoms with E-state index in [9.17, 15) is 9.18 Å². The maximum Gasteiger partial charge on any atom is 0.407 e. The van der Waals surface area contributed by atoms with Crippen molar-refractivity contribution in [2.24, 2.45) is 11.8 Å². The fourth-order valence-electron chi connectivity index (χ4n) is 7.32. The highest BCUT2D eigenvalue weighted by molar-refractivity contribution is 5.67. The number of benzene rings is 2. The summed E-state index contributed by atoms with van der Waals surface area (Å²) >= 11 is 0. The van der Waals surface area contributed by atoms with Crippen molar-refractivity contribution in [3.8, 4) is 0 Å². The second-order valence-corrected chi connectivity index (χ2v) is 11.0. The molecule has 2 unspecified atom stereocenters. The minimum Gasteiger partial charge on any atom is -0.453 e. The van der Waals surface area contributed by atoms with Crippen molar-refractivity contribution in [1.29, 1.82) is 0 Å². The average Bonchev–Trinajstić information content (AvgIpc) is 3.30. The standard InChI is InChI=1S/C30H40FN3O2/c1-22-18-25(20-26(31)19-22)30(34-14-7-15-34,27-10-6-11-28(27)32-29(35)36-2)24-12-16-33(17-13-24)21-23-8-4-3-5-9-23/h3-5,8-9,18-20,24,27-28H,6-7,10-17,21H2,1-2H3,(H,32,35)/t27?,28?,30-/m1/s1. The van der Waals surface area contributed by atoms with Gasteiger partial charge >= 0.3 is 6.09 Å². The average molecular weight is 494 g/mol. The molecule has 2 saturated heterocycles. The molecular formula is C30H40FN3O2. The fraction of sp³-hybridized carbons (Fsp3) is 0.567. The maximum absolute atomic E-state index is 14.9. The highest BCUT2D eigenvalue weighted by Crippen LogP contribution is 2.54. The van der Waals surface area contributed by atoms with Crippen LogP contribution in [0.15, 0.2) is 48.5 Å². The highest BCUT2D eigenvalue weighted by atomic mass is 19.1. The molecule has 5 nitrogen and oxygen atoms in total. The summed E-state index contributed by atoms with van der Waals surface area (Å²) in [7, 11) is 1.43. The first-order chi connectivity index (χ1) is 17.5. The van der Waals surface area contributed by atoms with Crippen molar-refractivity contribution in [3.05, 3.63) is 71.0 Å². The predicted molar refractivity (Wildman–Crippen MR) is 140 cm³/mol. The van der Waals surface area contributed by atoms with Crippen LogP contribution in [0.1, 0.15) is 55.2 Å². The van der Waals surface area contributed by atoms with Gasteiger partial charge in [-0.25, -0.2) is 9.18 Å². The monoisotopic (exact) mass is 493 g/mol. The van der Waals surface area contributed by atoms with E-state index in [1.165, 1.54) is 19.1 Å². The molecule has 1 saturated carbocycles. The van der Waals surface area contributed by atoms with Gasteiger partial charge in [-0.3, -0.25) is 9.80 Å². The second kappa shape index (κ2) is 10.9. The molecule has 2 heterocycles. The topological polar surface area (TPSA) is 44.8 Å². The molecule has 1 aliphatic carbocycles. The number of hydrogen-bond donors (Lipinski definition) is 1.